The van der Waals surface area contributed by atoms with Gasteiger partial charge in [0.1, 0.15) is 0 Å². The summed E-state index contributed by atoms with van der Waals surface area (Å²) in [6.45, 7) is 2.18. The van der Waals surface area contributed by atoms with Gasteiger partial charge in [-0.3, -0.25) is 14.2 Å². The molecule has 3 aromatic carbocycles. The molecule has 0 aliphatic rings. The number of aryl methyl sites for hydroxylation is 2. The maximum atomic E-state index is 12.8. The van der Waals surface area contributed by atoms with E-state index in [0.717, 1.165) is 16.7 Å². The molecular weight excluding hydrogens is 410 g/mol. The first kappa shape index (κ1) is 20.8. The lowest BCUT2D eigenvalue weighted by Gasteiger charge is -2.20. The summed E-state index contributed by atoms with van der Waals surface area (Å²) >= 11 is 6.03. The fraction of sp³-hybridized carbons (Fsp3) is 0.160. The third kappa shape index (κ3) is 4.67. The highest BCUT2D eigenvalue weighted by Gasteiger charge is 2.17. The van der Waals surface area contributed by atoms with E-state index >= 15 is 0 Å². The Morgan fingerprint density at radius 3 is 2.45 bits per heavy atom. The second-order valence-electron chi connectivity index (χ2n) is 7.43. The molecule has 1 N–H and O–H groups in total. The van der Waals surface area contributed by atoms with E-state index in [2.05, 4.69) is 10.3 Å². The van der Waals surface area contributed by atoms with E-state index < -0.39 is 0 Å². The maximum Gasteiger partial charge on any atom is 0.261 e. The number of carbonyl (C=O) groups is 1. The van der Waals surface area contributed by atoms with Gasteiger partial charge >= 0.3 is 0 Å². The molecule has 0 fully saturated rings. The first-order valence-electron chi connectivity index (χ1n) is 10.1. The molecule has 0 bridgehead atoms. The van der Waals surface area contributed by atoms with Crippen LogP contribution in [0, 0.1) is 6.92 Å². The van der Waals surface area contributed by atoms with Crippen molar-refractivity contribution in [3.63, 3.8) is 0 Å². The van der Waals surface area contributed by atoms with Crippen LogP contribution in [0.3, 0.4) is 0 Å². The van der Waals surface area contributed by atoms with Crippen LogP contribution in [-0.4, -0.2) is 15.5 Å². The first-order chi connectivity index (χ1) is 15.0. The number of nitrogens with one attached hydrogen (secondary N) is 1. The highest BCUT2D eigenvalue weighted by Crippen LogP contribution is 2.23. The van der Waals surface area contributed by atoms with Gasteiger partial charge < -0.3 is 5.32 Å². The minimum Gasteiger partial charge on any atom is -0.345 e. The summed E-state index contributed by atoms with van der Waals surface area (Å²) in [5.74, 6) is -0.153. The Balaban J connectivity index is 1.52. The third-order valence-corrected chi connectivity index (χ3v) is 5.53. The zero-order chi connectivity index (χ0) is 21.8. The van der Waals surface area contributed by atoms with Gasteiger partial charge in [-0.05, 0) is 41.8 Å². The Labute approximate surface area is 185 Å². The standard InChI is InChI=1S/C25H22ClN3O2/c1-17-6-5-9-21-23(17)27-16-29(25(21)31)15-14-22(30)28-24(18-7-3-2-4-8-18)19-10-12-20(26)13-11-19/h2-13,16,24H,14-15H2,1H3,(H,28,30). The lowest BCUT2D eigenvalue weighted by atomic mass is 9.98. The van der Waals surface area contributed by atoms with E-state index in [4.69, 9.17) is 11.6 Å². The van der Waals surface area contributed by atoms with Crippen molar-refractivity contribution in [2.45, 2.75) is 25.9 Å². The van der Waals surface area contributed by atoms with E-state index in [9.17, 15) is 9.59 Å². The Hall–Kier alpha value is -3.44. The van der Waals surface area contributed by atoms with Crippen LogP contribution in [0.15, 0.2) is 83.9 Å². The molecule has 1 aromatic heterocycles. The summed E-state index contributed by atoms with van der Waals surface area (Å²) in [7, 11) is 0. The molecule has 0 saturated carbocycles. The monoisotopic (exact) mass is 431 g/mol. The molecule has 5 nitrogen and oxygen atoms in total. The Kier molecular flexibility index (Phi) is 6.14. The van der Waals surface area contributed by atoms with Gasteiger partial charge in [-0.1, -0.05) is 66.2 Å². The van der Waals surface area contributed by atoms with Gasteiger partial charge in [0.25, 0.3) is 5.56 Å². The summed E-state index contributed by atoms with van der Waals surface area (Å²) in [5, 5.41) is 4.29. The van der Waals surface area contributed by atoms with E-state index in [1.54, 1.807) is 18.2 Å². The number of aromatic nitrogens is 2. The minimum atomic E-state index is -0.305. The second-order valence-corrected chi connectivity index (χ2v) is 7.86. The molecule has 0 radical (unpaired) electrons. The van der Waals surface area contributed by atoms with Crippen LogP contribution in [0.5, 0.6) is 0 Å². The van der Waals surface area contributed by atoms with Crippen molar-refractivity contribution in [1.82, 2.24) is 14.9 Å². The zero-order valence-corrected chi connectivity index (χ0v) is 17.8. The fourth-order valence-corrected chi connectivity index (χ4v) is 3.74. The minimum absolute atomic E-state index is 0.140. The first-order valence-corrected chi connectivity index (χ1v) is 10.5. The smallest absolute Gasteiger partial charge is 0.261 e. The maximum absolute atomic E-state index is 12.8. The van der Waals surface area contributed by atoms with Gasteiger partial charge in [-0.2, -0.15) is 0 Å². The average Bonchev–Trinajstić information content (AvgIpc) is 2.79. The normalized spacial score (nSPS) is 11.9. The summed E-state index contributed by atoms with van der Waals surface area (Å²) in [6, 6.07) is 22.4. The number of nitrogens with zero attached hydrogens (tertiary/aromatic N) is 2. The van der Waals surface area contributed by atoms with Crippen molar-refractivity contribution in [2.75, 3.05) is 0 Å². The summed E-state index contributed by atoms with van der Waals surface area (Å²) in [6.07, 6.45) is 1.68. The molecule has 1 amide bonds. The van der Waals surface area contributed by atoms with Gasteiger partial charge in [-0.15, -0.1) is 0 Å². The van der Waals surface area contributed by atoms with E-state index in [1.165, 1.54) is 10.9 Å². The summed E-state index contributed by atoms with van der Waals surface area (Å²) in [4.78, 5) is 30.0. The number of halogens is 1. The SMILES string of the molecule is Cc1cccc2c(=O)n(CCC(=O)NC(c3ccccc3)c3ccc(Cl)cc3)cnc12. The van der Waals surface area contributed by atoms with Gasteiger partial charge in [0, 0.05) is 18.0 Å². The number of rotatable bonds is 6. The zero-order valence-electron chi connectivity index (χ0n) is 17.1. The van der Waals surface area contributed by atoms with Crippen LogP contribution < -0.4 is 10.9 Å². The molecule has 0 spiro atoms. The lowest BCUT2D eigenvalue weighted by molar-refractivity contribution is -0.121. The van der Waals surface area contributed by atoms with Crippen LogP contribution in [0.2, 0.25) is 5.02 Å². The van der Waals surface area contributed by atoms with Gasteiger partial charge in [-0.25, -0.2) is 4.98 Å². The number of carbonyl (C=O) groups excluding carboxylic acids is 1. The number of fused-ring (bicyclic) bond motifs is 1. The molecule has 0 aliphatic heterocycles. The van der Waals surface area contributed by atoms with E-state index in [0.29, 0.717) is 15.9 Å². The van der Waals surface area contributed by atoms with Crippen LogP contribution in [0.4, 0.5) is 0 Å². The molecule has 1 heterocycles. The van der Waals surface area contributed by atoms with E-state index in [-0.39, 0.29) is 30.5 Å². The lowest BCUT2D eigenvalue weighted by Crippen LogP contribution is -2.31. The summed E-state index contributed by atoms with van der Waals surface area (Å²) in [5.41, 5.74) is 3.41. The molecule has 6 heteroatoms. The number of hydrogen-bond donors (Lipinski definition) is 1. The topological polar surface area (TPSA) is 64.0 Å². The van der Waals surface area contributed by atoms with Crippen molar-refractivity contribution in [2.24, 2.45) is 0 Å². The molecule has 1 atom stereocenters. The van der Waals surface area contributed by atoms with Crippen molar-refractivity contribution >= 4 is 28.4 Å². The van der Waals surface area contributed by atoms with Crippen molar-refractivity contribution in [3.8, 4) is 0 Å². The molecule has 1 unspecified atom stereocenters. The second kappa shape index (κ2) is 9.14. The van der Waals surface area contributed by atoms with Crippen LogP contribution >= 0.6 is 11.6 Å². The van der Waals surface area contributed by atoms with Crippen LogP contribution in [0.1, 0.15) is 29.2 Å². The van der Waals surface area contributed by atoms with Gasteiger partial charge in [0.15, 0.2) is 0 Å². The van der Waals surface area contributed by atoms with Crippen molar-refractivity contribution in [1.29, 1.82) is 0 Å². The van der Waals surface area contributed by atoms with Gasteiger partial charge in [0.05, 0.1) is 23.3 Å². The number of amides is 1. The molecule has 4 rings (SSSR count). The molecule has 156 valence electrons. The molecular formula is C25H22ClN3O2. The highest BCUT2D eigenvalue weighted by molar-refractivity contribution is 6.30. The molecule has 4 aromatic rings. The molecule has 0 saturated heterocycles. The van der Waals surface area contributed by atoms with Crippen molar-refractivity contribution < 1.29 is 4.79 Å². The van der Waals surface area contributed by atoms with E-state index in [1.807, 2.05) is 61.5 Å². The van der Waals surface area contributed by atoms with Gasteiger partial charge in [0.2, 0.25) is 5.91 Å². The molecule has 31 heavy (non-hydrogen) atoms. The third-order valence-electron chi connectivity index (χ3n) is 5.28. The predicted octanol–water partition coefficient (Wildman–Crippen LogP) is 4.65. The Morgan fingerprint density at radius 2 is 1.71 bits per heavy atom. The quantitative estimate of drug-likeness (QED) is 0.483. The number of hydrogen-bond acceptors (Lipinski definition) is 3. The summed E-state index contributed by atoms with van der Waals surface area (Å²) < 4.78 is 1.49. The molecule has 0 aliphatic carbocycles. The predicted molar refractivity (Wildman–Crippen MR) is 123 cm³/mol. The fourth-order valence-electron chi connectivity index (χ4n) is 3.61. The number of benzene rings is 3. The number of para-hydroxylation sites is 1. The van der Waals surface area contributed by atoms with Crippen LogP contribution in [0.25, 0.3) is 10.9 Å². The average molecular weight is 432 g/mol. The van der Waals surface area contributed by atoms with Crippen LogP contribution in [-0.2, 0) is 11.3 Å². The van der Waals surface area contributed by atoms with Crippen molar-refractivity contribution in [3.05, 3.63) is 111 Å². The largest absolute Gasteiger partial charge is 0.345 e. The Morgan fingerprint density at radius 1 is 1.00 bits per heavy atom. The Bertz CT molecular complexity index is 1270. The highest BCUT2D eigenvalue weighted by atomic mass is 35.5.